The van der Waals surface area contributed by atoms with Crippen LogP contribution in [0.15, 0.2) is 47.4 Å². The van der Waals surface area contributed by atoms with Crippen LogP contribution in [0.2, 0.25) is 5.02 Å². The van der Waals surface area contributed by atoms with Gasteiger partial charge in [-0.2, -0.15) is 13.2 Å². The molecule has 0 heterocycles. The first-order valence-corrected chi connectivity index (χ1v) is 9.35. The van der Waals surface area contributed by atoms with Crippen LogP contribution < -0.4 is 4.74 Å². The molecule has 0 spiro atoms. The summed E-state index contributed by atoms with van der Waals surface area (Å²) < 4.78 is 43.3. The molecule has 1 nitrogen and oxygen atoms in total. The number of hydrogen-bond donors (Lipinski definition) is 0. The lowest BCUT2D eigenvalue weighted by Gasteiger charge is -2.16. The molecule has 0 radical (unpaired) electrons. The Morgan fingerprint density at radius 2 is 1.80 bits per heavy atom. The SMILES string of the molecule is CCC(COc1ccc(C(F)(F)F)cc1)CSc1ccc(C)cc1Cl. The summed E-state index contributed by atoms with van der Waals surface area (Å²) in [5.41, 5.74) is 0.448. The molecule has 0 aromatic heterocycles. The van der Waals surface area contributed by atoms with E-state index in [0.29, 0.717) is 12.4 Å². The van der Waals surface area contributed by atoms with Crippen molar-refractivity contribution in [1.82, 2.24) is 0 Å². The van der Waals surface area contributed by atoms with E-state index in [4.69, 9.17) is 16.3 Å². The first kappa shape index (κ1) is 20.0. The average Bonchev–Trinajstić information content (AvgIpc) is 2.56. The molecule has 0 aliphatic rings. The fourth-order valence-electron chi connectivity index (χ4n) is 2.17. The lowest BCUT2D eigenvalue weighted by atomic mass is 10.1. The van der Waals surface area contributed by atoms with Crippen LogP contribution in [0, 0.1) is 12.8 Å². The number of alkyl halides is 3. The van der Waals surface area contributed by atoms with E-state index < -0.39 is 11.7 Å². The molecule has 2 rings (SSSR count). The monoisotopic (exact) mass is 388 g/mol. The summed E-state index contributed by atoms with van der Waals surface area (Å²) in [5.74, 6) is 1.56. The average molecular weight is 389 g/mol. The summed E-state index contributed by atoms with van der Waals surface area (Å²) in [4.78, 5) is 1.03. The smallest absolute Gasteiger partial charge is 0.416 e. The second-order valence-electron chi connectivity index (χ2n) is 5.85. The zero-order valence-electron chi connectivity index (χ0n) is 14.1. The van der Waals surface area contributed by atoms with Crippen LogP contribution >= 0.6 is 23.4 Å². The van der Waals surface area contributed by atoms with Gasteiger partial charge in [-0.15, -0.1) is 11.8 Å². The Balaban J connectivity index is 1.87. The molecule has 0 aliphatic carbocycles. The Morgan fingerprint density at radius 3 is 2.36 bits per heavy atom. The van der Waals surface area contributed by atoms with Gasteiger partial charge in [-0.3, -0.25) is 0 Å². The van der Waals surface area contributed by atoms with Crippen molar-refractivity contribution in [2.45, 2.75) is 31.3 Å². The molecular weight excluding hydrogens is 369 g/mol. The number of halogens is 4. The van der Waals surface area contributed by atoms with E-state index in [0.717, 1.165) is 39.8 Å². The van der Waals surface area contributed by atoms with Crippen LogP contribution in [0.25, 0.3) is 0 Å². The van der Waals surface area contributed by atoms with Gasteiger partial charge in [-0.05, 0) is 55.3 Å². The lowest BCUT2D eigenvalue weighted by Crippen LogP contribution is -2.14. The van der Waals surface area contributed by atoms with Gasteiger partial charge in [-0.25, -0.2) is 0 Å². The Morgan fingerprint density at radius 1 is 1.12 bits per heavy atom. The summed E-state index contributed by atoms with van der Waals surface area (Å²) in [5, 5.41) is 0.739. The van der Waals surface area contributed by atoms with E-state index in [1.54, 1.807) is 11.8 Å². The normalized spacial score (nSPS) is 12.9. The molecule has 0 amide bonds. The second kappa shape index (κ2) is 8.86. The number of benzene rings is 2. The predicted molar refractivity (Wildman–Crippen MR) is 97.6 cm³/mol. The van der Waals surface area contributed by atoms with Gasteiger partial charge in [-0.1, -0.05) is 24.6 Å². The lowest BCUT2D eigenvalue weighted by molar-refractivity contribution is -0.137. The van der Waals surface area contributed by atoms with Gasteiger partial charge in [0.05, 0.1) is 17.2 Å². The molecule has 0 fully saturated rings. The molecule has 0 N–H and O–H groups in total. The van der Waals surface area contributed by atoms with Crippen LogP contribution in [0.1, 0.15) is 24.5 Å². The summed E-state index contributed by atoms with van der Waals surface area (Å²) in [6, 6.07) is 10.8. The van der Waals surface area contributed by atoms with Gasteiger partial charge >= 0.3 is 6.18 Å². The molecule has 0 saturated carbocycles. The maximum atomic E-state index is 12.6. The minimum atomic E-state index is -4.32. The van der Waals surface area contributed by atoms with Gasteiger partial charge < -0.3 is 4.74 Å². The fourth-order valence-corrected chi connectivity index (χ4v) is 3.68. The van der Waals surface area contributed by atoms with E-state index in [2.05, 4.69) is 6.92 Å². The molecule has 0 aliphatic heterocycles. The molecule has 2 aromatic carbocycles. The molecule has 1 unspecified atom stereocenters. The Kier molecular flexibility index (Phi) is 7.08. The fraction of sp³-hybridized carbons (Fsp3) is 0.368. The third-order valence-corrected chi connectivity index (χ3v) is 5.54. The van der Waals surface area contributed by atoms with E-state index in [9.17, 15) is 13.2 Å². The Bertz CT molecular complexity index is 686. The molecule has 0 bridgehead atoms. The molecule has 6 heteroatoms. The zero-order valence-corrected chi connectivity index (χ0v) is 15.6. The van der Waals surface area contributed by atoms with Gasteiger partial charge in [0.15, 0.2) is 0 Å². The Hall–Kier alpha value is -1.33. The zero-order chi connectivity index (χ0) is 18.4. The number of thioether (sulfide) groups is 1. The third kappa shape index (κ3) is 6.15. The number of hydrogen-bond acceptors (Lipinski definition) is 2. The molecule has 0 saturated heterocycles. The highest BCUT2D eigenvalue weighted by molar-refractivity contribution is 7.99. The van der Waals surface area contributed by atoms with E-state index in [-0.39, 0.29) is 5.92 Å². The van der Waals surface area contributed by atoms with Crippen molar-refractivity contribution in [2.24, 2.45) is 5.92 Å². The minimum absolute atomic E-state index is 0.282. The van der Waals surface area contributed by atoms with Crippen molar-refractivity contribution in [3.05, 3.63) is 58.6 Å². The van der Waals surface area contributed by atoms with Crippen molar-refractivity contribution in [3.8, 4) is 5.75 Å². The van der Waals surface area contributed by atoms with E-state index in [1.165, 1.54) is 12.1 Å². The highest BCUT2D eigenvalue weighted by Gasteiger charge is 2.30. The highest BCUT2D eigenvalue weighted by Crippen LogP contribution is 2.31. The maximum absolute atomic E-state index is 12.6. The Labute approximate surface area is 155 Å². The van der Waals surface area contributed by atoms with Crippen LogP contribution in [0.5, 0.6) is 5.75 Å². The number of ether oxygens (including phenoxy) is 1. The second-order valence-corrected chi connectivity index (χ2v) is 7.32. The van der Waals surface area contributed by atoms with Gasteiger partial charge in [0.2, 0.25) is 0 Å². The summed E-state index contributed by atoms with van der Waals surface area (Å²) in [6.45, 7) is 4.52. The molecule has 25 heavy (non-hydrogen) atoms. The van der Waals surface area contributed by atoms with Crippen molar-refractivity contribution >= 4 is 23.4 Å². The first-order valence-electron chi connectivity index (χ1n) is 7.98. The van der Waals surface area contributed by atoms with E-state index >= 15 is 0 Å². The third-order valence-electron chi connectivity index (χ3n) is 3.81. The van der Waals surface area contributed by atoms with Gasteiger partial charge in [0.1, 0.15) is 5.75 Å². The number of rotatable bonds is 7. The quantitative estimate of drug-likeness (QED) is 0.479. The molecule has 136 valence electrons. The number of aryl methyl sites for hydroxylation is 1. The van der Waals surface area contributed by atoms with E-state index in [1.807, 2.05) is 25.1 Å². The van der Waals surface area contributed by atoms with Crippen molar-refractivity contribution in [2.75, 3.05) is 12.4 Å². The van der Waals surface area contributed by atoms with Crippen LogP contribution in [0.4, 0.5) is 13.2 Å². The van der Waals surface area contributed by atoms with Crippen molar-refractivity contribution in [3.63, 3.8) is 0 Å². The summed E-state index contributed by atoms with van der Waals surface area (Å²) >= 11 is 7.91. The predicted octanol–water partition coefficient (Wildman–Crippen LogP) is 6.86. The molecule has 1 atom stereocenters. The van der Waals surface area contributed by atoms with Crippen molar-refractivity contribution < 1.29 is 17.9 Å². The van der Waals surface area contributed by atoms with Crippen LogP contribution in [0.3, 0.4) is 0 Å². The minimum Gasteiger partial charge on any atom is -0.493 e. The standard InChI is InChI=1S/C19H20ClF3OS/c1-3-14(12-25-18-9-4-13(2)10-17(18)20)11-24-16-7-5-15(6-8-16)19(21,22)23/h4-10,14H,3,11-12H2,1-2H3. The van der Waals surface area contributed by atoms with Crippen molar-refractivity contribution in [1.29, 1.82) is 0 Å². The highest BCUT2D eigenvalue weighted by atomic mass is 35.5. The first-order chi connectivity index (χ1) is 11.8. The maximum Gasteiger partial charge on any atom is 0.416 e. The van der Waals surface area contributed by atoms with Gasteiger partial charge in [0.25, 0.3) is 0 Å². The molecule has 2 aromatic rings. The summed E-state index contributed by atoms with van der Waals surface area (Å²) in [7, 11) is 0. The molecular formula is C19H20ClF3OS. The topological polar surface area (TPSA) is 9.23 Å². The largest absolute Gasteiger partial charge is 0.493 e. The van der Waals surface area contributed by atoms with Gasteiger partial charge in [0, 0.05) is 16.6 Å². The van der Waals surface area contributed by atoms with Crippen LogP contribution in [-0.4, -0.2) is 12.4 Å². The summed E-state index contributed by atoms with van der Waals surface area (Å²) in [6.07, 6.45) is -3.41. The van der Waals surface area contributed by atoms with Crippen LogP contribution in [-0.2, 0) is 6.18 Å².